The molecule has 4 nitrogen and oxygen atoms in total. The average Bonchev–Trinajstić information content (AvgIpc) is 3.25. The fourth-order valence-corrected chi connectivity index (χ4v) is 5.07. The summed E-state index contributed by atoms with van der Waals surface area (Å²) in [5.41, 5.74) is 1.12. The van der Waals surface area contributed by atoms with Gasteiger partial charge in [-0.2, -0.15) is 0 Å². The van der Waals surface area contributed by atoms with Crippen LogP contribution < -0.4 is 0 Å². The monoisotopic (exact) mass is 497 g/mol. The van der Waals surface area contributed by atoms with E-state index >= 15 is 0 Å². The van der Waals surface area contributed by atoms with Crippen LogP contribution in [0.1, 0.15) is 122 Å². The number of hydrogen-bond donors (Lipinski definition) is 0. The lowest BCUT2D eigenvalue weighted by Crippen LogP contribution is -2.43. The van der Waals surface area contributed by atoms with Crippen molar-refractivity contribution in [2.45, 2.75) is 129 Å². The smallest absolute Gasteiger partial charge is 0.416 e. The Hall–Kier alpha value is -2.10. The van der Waals surface area contributed by atoms with Crippen molar-refractivity contribution in [2.24, 2.45) is 5.92 Å². The van der Waals surface area contributed by atoms with E-state index < -0.39 is 6.09 Å². The summed E-state index contributed by atoms with van der Waals surface area (Å²) in [4.78, 5) is 27.6. The molecule has 0 radical (unpaired) electrons. The van der Waals surface area contributed by atoms with Crippen LogP contribution in [-0.2, 0) is 16.0 Å². The number of hydrogen-bond acceptors (Lipinski definition) is 3. The predicted octanol–water partition coefficient (Wildman–Crippen LogP) is 9.03. The van der Waals surface area contributed by atoms with Gasteiger partial charge in [0.1, 0.15) is 6.61 Å². The second kappa shape index (κ2) is 19.1. The van der Waals surface area contributed by atoms with Crippen LogP contribution in [0.15, 0.2) is 42.5 Å². The quantitative estimate of drug-likeness (QED) is 0.133. The largest absolute Gasteiger partial charge is 0.447 e. The minimum absolute atomic E-state index is 0.0503. The summed E-state index contributed by atoms with van der Waals surface area (Å²) in [7, 11) is 0. The van der Waals surface area contributed by atoms with Crippen molar-refractivity contribution in [1.29, 1.82) is 0 Å². The van der Waals surface area contributed by atoms with Gasteiger partial charge in [0.15, 0.2) is 0 Å². The van der Waals surface area contributed by atoms with Crippen LogP contribution in [0.4, 0.5) is 4.79 Å². The molecule has 2 amide bonds. The van der Waals surface area contributed by atoms with E-state index in [9.17, 15) is 9.59 Å². The van der Waals surface area contributed by atoms with Crippen LogP contribution in [-0.4, -0.2) is 29.5 Å². The van der Waals surface area contributed by atoms with Gasteiger partial charge in [-0.15, -0.1) is 0 Å². The van der Waals surface area contributed by atoms with Crippen molar-refractivity contribution in [3.8, 4) is 0 Å². The second-order valence-electron chi connectivity index (χ2n) is 10.5. The Morgan fingerprint density at radius 1 is 0.889 bits per heavy atom. The molecular formula is C32H51NO3. The molecule has 0 aliphatic carbocycles. The Labute approximate surface area is 220 Å². The van der Waals surface area contributed by atoms with E-state index in [-0.39, 0.29) is 24.5 Å². The normalized spacial score (nSPS) is 16.6. The van der Waals surface area contributed by atoms with Crippen molar-refractivity contribution in [2.75, 3.05) is 6.61 Å². The maximum Gasteiger partial charge on any atom is 0.416 e. The molecule has 0 saturated carbocycles. The summed E-state index contributed by atoms with van der Waals surface area (Å²) in [5.74, 6) is -0.198. The van der Waals surface area contributed by atoms with Crippen molar-refractivity contribution in [3.63, 3.8) is 0 Å². The van der Waals surface area contributed by atoms with E-state index in [0.717, 1.165) is 31.2 Å². The summed E-state index contributed by atoms with van der Waals surface area (Å²) in [6, 6.07) is 9.86. The Kier molecular flexibility index (Phi) is 16.0. The number of benzene rings is 1. The van der Waals surface area contributed by atoms with Gasteiger partial charge in [0.2, 0.25) is 5.91 Å². The molecular weight excluding hydrogens is 446 g/mol. The van der Waals surface area contributed by atoms with Crippen molar-refractivity contribution in [1.82, 2.24) is 4.90 Å². The highest BCUT2D eigenvalue weighted by Crippen LogP contribution is 2.25. The highest BCUT2D eigenvalue weighted by molar-refractivity contribution is 5.94. The van der Waals surface area contributed by atoms with Gasteiger partial charge in [0, 0.05) is 5.92 Å². The standard InChI is InChI=1S/C32H51NO3/c1-3-5-7-9-10-11-12-13-14-16-21-25-29(24-20-15-8-6-4-2)31(34)33-30(27-36-32(33)35)26-28-22-18-17-19-23-28/h16-19,21-23,29-30H,3-15,20,24-27H2,1-2H3/b21-16+. The first-order valence-corrected chi connectivity index (χ1v) is 14.9. The first-order valence-electron chi connectivity index (χ1n) is 14.9. The SMILES string of the molecule is CCCCCCCCCC/C=C/CC(CCCCCCC)C(=O)N1C(=O)OCC1Cc1ccccc1. The maximum atomic E-state index is 13.6. The lowest BCUT2D eigenvalue weighted by atomic mass is 9.94. The molecule has 4 heteroatoms. The molecule has 2 atom stereocenters. The minimum atomic E-state index is -0.472. The van der Waals surface area contributed by atoms with E-state index in [4.69, 9.17) is 4.74 Å². The lowest BCUT2D eigenvalue weighted by Gasteiger charge is -2.24. The third-order valence-corrected chi connectivity index (χ3v) is 7.33. The number of rotatable bonds is 20. The Bertz CT molecular complexity index is 745. The van der Waals surface area contributed by atoms with Crippen LogP contribution in [0.2, 0.25) is 0 Å². The number of carbonyl (C=O) groups is 2. The van der Waals surface area contributed by atoms with Crippen LogP contribution in [0.5, 0.6) is 0 Å². The number of imide groups is 1. The Morgan fingerprint density at radius 2 is 1.50 bits per heavy atom. The van der Waals surface area contributed by atoms with E-state index in [1.807, 2.05) is 30.3 Å². The van der Waals surface area contributed by atoms with E-state index in [1.165, 1.54) is 75.5 Å². The molecule has 1 aromatic carbocycles. The van der Waals surface area contributed by atoms with E-state index in [1.54, 1.807) is 0 Å². The number of cyclic esters (lactones) is 1. The second-order valence-corrected chi connectivity index (χ2v) is 10.5. The molecule has 1 aliphatic rings. The Morgan fingerprint density at radius 3 is 2.17 bits per heavy atom. The predicted molar refractivity (Wildman–Crippen MR) is 150 cm³/mol. The summed E-state index contributed by atoms with van der Waals surface area (Å²) < 4.78 is 5.34. The fraction of sp³-hybridized carbons (Fsp3) is 0.688. The first kappa shape index (κ1) is 30.1. The number of ether oxygens (including phenoxy) is 1. The van der Waals surface area contributed by atoms with Crippen LogP contribution in [0.25, 0.3) is 0 Å². The van der Waals surface area contributed by atoms with Crippen molar-refractivity contribution < 1.29 is 14.3 Å². The molecule has 0 bridgehead atoms. The molecule has 36 heavy (non-hydrogen) atoms. The van der Waals surface area contributed by atoms with Gasteiger partial charge < -0.3 is 4.74 Å². The molecule has 2 rings (SSSR count). The molecule has 2 unspecified atom stereocenters. The zero-order valence-electron chi connectivity index (χ0n) is 23.1. The third-order valence-electron chi connectivity index (χ3n) is 7.33. The summed E-state index contributed by atoms with van der Waals surface area (Å²) in [6.07, 6.45) is 23.7. The van der Waals surface area contributed by atoms with Gasteiger partial charge >= 0.3 is 6.09 Å². The Balaban J connectivity index is 1.85. The maximum absolute atomic E-state index is 13.6. The molecule has 1 fully saturated rings. The van der Waals surface area contributed by atoms with Gasteiger partial charge in [-0.3, -0.25) is 4.79 Å². The molecule has 1 aromatic rings. The number of amides is 2. The average molecular weight is 498 g/mol. The molecule has 202 valence electrons. The van der Waals surface area contributed by atoms with Gasteiger partial charge in [-0.1, -0.05) is 133 Å². The number of carbonyl (C=O) groups excluding carboxylic acids is 2. The molecule has 0 N–H and O–H groups in total. The van der Waals surface area contributed by atoms with Gasteiger partial charge in [0.25, 0.3) is 0 Å². The highest BCUT2D eigenvalue weighted by Gasteiger charge is 2.40. The van der Waals surface area contributed by atoms with Gasteiger partial charge in [0.05, 0.1) is 6.04 Å². The number of allylic oxidation sites excluding steroid dienone is 2. The zero-order chi connectivity index (χ0) is 25.8. The van der Waals surface area contributed by atoms with Crippen molar-refractivity contribution in [3.05, 3.63) is 48.0 Å². The molecule has 1 heterocycles. The van der Waals surface area contributed by atoms with Crippen LogP contribution in [0.3, 0.4) is 0 Å². The van der Waals surface area contributed by atoms with Crippen LogP contribution in [0, 0.1) is 5.92 Å². The molecule has 1 aliphatic heterocycles. The van der Waals surface area contributed by atoms with Crippen LogP contribution >= 0.6 is 0 Å². The minimum Gasteiger partial charge on any atom is -0.447 e. The summed E-state index contributed by atoms with van der Waals surface area (Å²) >= 11 is 0. The number of nitrogens with zero attached hydrogens (tertiary/aromatic N) is 1. The molecule has 0 aromatic heterocycles. The van der Waals surface area contributed by atoms with Gasteiger partial charge in [-0.05, 0) is 37.7 Å². The van der Waals surface area contributed by atoms with E-state index in [0.29, 0.717) is 12.8 Å². The van der Waals surface area contributed by atoms with Crippen molar-refractivity contribution >= 4 is 12.0 Å². The lowest BCUT2D eigenvalue weighted by molar-refractivity contribution is -0.133. The zero-order valence-corrected chi connectivity index (χ0v) is 23.1. The third kappa shape index (κ3) is 11.8. The molecule has 1 saturated heterocycles. The highest BCUT2D eigenvalue weighted by atomic mass is 16.6. The summed E-state index contributed by atoms with van der Waals surface area (Å²) in [6.45, 7) is 4.77. The topological polar surface area (TPSA) is 46.6 Å². The number of unbranched alkanes of at least 4 members (excludes halogenated alkanes) is 12. The first-order chi connectivity index (χ1) is 17.7. The fourth-order valence-electron chi connectivity index (χ4n) is 5.07. The summed E-state index contributed by atoms with van der Waals surface area (Å²) in [5, 5.41) is 0. The van der Waals surface area contributed by atoms with E-state index in [2.05, 4.69) is 26.0 Å². The molecule has 0 spiro atoms. The van der Waals surface area contributed by atoms with Gasteiger partial charge in [-0.25, -0.2) is 9.69 Å².